The molecule has 0 unspecified atom stereocenters. The number of hydrogen-bond donors (Lipinski definition) is 2. The summed E-state index contributed by atoms with van der Waals surface area (Å²) < 4.78 is 5.27. The lowest BCUT2D eigenvalue weighted by Crippen LogP contribution is -2.41. The second kappa shape index (κ2) is 7.68. The zero-order valence-electron chi connectivity index (χ0n) is 13.2. The van der Waals surface area contributed by atoms with E-state index in [1.165, 1.54) is 0 Å². The molecular formula is C17H20ClN3O3. The summed E-state index contributed by atoms with van der Waals surface area (Å²) in [6.07, 6.45) is 2.64. The molecule has 0 saturated carbocycles. The fraction of sp³-hybridized carbons (Fsp3) is 0.412. The minimum atomic E-state index is -0.177. The number of anilines is 1. The number of nitrogens with one attached hydrogen (secondary N) is 1. The first-order chi connectivity index (χ1) is 11.7. The van der Waals surface area contributed by atoms with Crippen LogP contribution in [0.3, 0.4) is 0 Å². The van der Waals surface area contributed by atoms with Gasteiger partial charge < -0.3 is 14.5 Å². The number of likely N-dealkylation sites (tertiary alicyclic amines) is 1. The van der Waals surface area contributed by atoms with Crippen molar-refractivity contribution in [3.05, 3.63) is 35.4 Å². The van der Waals surface area contributed by atoms with Crippen LogP contribution in [0.25, 0.3) is 11.3 Å². The topological polar surface area (TPSA) is 78.6 Å². The van der Waals surface area contributed by atoms with Crippen molar-refractivity contribution < 1.29 is 14.4 Å². The standard InChI is InChI=1S/C17H20ClN3O3/c18-14-3-1-2-13(10-14)15-11-16(20-24-15)19-17(23)21-7-4-12(5-8-21)6-9-22/h1-3,10-12,22H,4-9H2,(H,19,20,23). The normalized spacial score (nSPS) is 15.5. The number of urea groups is 1. The molecule has 2 N–H and O–H groups in total. The molecule has 0 atom stereocenters. The minimum Gasteiger partial charge on any atom is -0.396 e. The Kier molecular flexibility index (Phi) is 5.37. The van der Waals surface area contributed by atoms with Gasteiger partial charge in [-0.15, -0.1) is 0 Å². The van der Waals surface area contributed by atoms with Crippen LogP contribution in [0.4, 0.5) is 10.6 Å². The predicted molar refractivity (Wildman–Crippen MR) is 92.0 cm³/mol. The fourth-order valence-electron chi connectivity index (χ4n) is 2.91. The maximum absolute atomic E-state index is 12.3. The van der Waals surface area contributed by atoms with Gasteiger partial charge in [-0.25, -0.2) is 4.79 Å². The quantitative estimate of drug-likeness (QED) is 0.883. The molecule has 0 aliphatic carbocycles. The van der Waals surface area contributed by atoms with Crippen molar-refractivity contribution >= 4 is 23.4 Å². The Balaban J connectivity index is 1.58. The number of hydrogen-bond acceptors (Lipinski definition) is 4. The molecule has 2 heterocycles. The molecule has 2 aromatic rings. The summed E-state index contributed by atoms with van der Waals surface area (Å²) in [5.41, 5.74) is 0.806. The zero-order chi connectivity index (χ0) is 16.9. The van der Waals surface area contributed by atoms with Crippen molar-refractivity contribution in [2.24, 2.45) is 5.92 Å². The highest BCUT2D eigenvalue weighted by atomic mass is 35.5. The van der Waals surface area contributed by atoms with E-state index in [0.29, 0.717) is 35.6 Å². The van der Waals surface area contributed by atoms with Gasteiger partial charge in [0.15, 0.2) is 11.6 Å². The molecule has 6 nitrogen and oxygen atoms in total. The predicted octanol–water partition coefficient (Wildman–Crippen LogP) is 3.62. The Hall–Kier alpha value is -2.05. The number of aliphatic hydroxyl groups is 1. The molecule has 2 amide bonds. The number of amides is 2. The zero-order valence-corrected chi connectivity index (χ0v) is 14.0. The molecule has 1 fully saturated rings. The Morgan fingerprint density at radius 2 is 2.17 bits per heavy atom. The first kappa shape index (κ1) is 16.8. The van der Waals surface area contributed by atoms with E-state index in [-0.39, 0.29) is 12.6 Å². The molecule has 128 valence electrons. The summed E-state index contributed by atoms with van der Waals surface area (Å²) in [7, 11) is 0. The lowest BCUT2D eigenvalue weighted by atomic mass is 9.94. The lowest BCUT2D eigenvalue weighted by molar-refractivity contribution is 0.166. The summed E-state index contributed by atoms with van der Waals surface area (Å²) in [6, 6.07) is 8.76. The van der Waals surface area contributed by atoms with E-state index in [0.717, 1.165) is 24.8 Å². The smallest absolute Gasteiger partial charge is 0.323 e. The monoisotopic (exact) mass is 349 g/mol. The molecule has 1 aliphatic rings. The molecule has 0 bridgehead atoms. The number of benzene rings is 1. The molecule has 1 aromatic carbocycles. The summed E-state index contributed by atoms with van der Waals surface area (Å²) in [5, 5.41) is 16.2. The molecule has 0 spiro atoms. The third-order valence-corrected chi connectivity index (χ3v) is 4.53. The molecule has 1 saturated heterocycles. The lowest BCUT2D eigenvalue weighted by Gasteiger charge is -2.31. The molecule has 1 aromatic heterocycles. The highest BCUT2D eigenvalue weighted by Crippen LogP contribution is 2.25. The van der Waals surface area contributed by atoms with Crippen molar-refractivity contribution in [1.82, 2.24) is 10.1 Å². The average molecular weight is 350 g/mol. The number of nitrogens with zero attached hydrogens (tertiary/aromatic N) is 2. The van der Waals surface area contributed by atoms with E-state index in [2.05, 4.69) is 10.5 Å². The fourth-order valence-corrected chi connectivity index (χ4v) is 3.10. The van der Waals surface area contributed by atoms with Crippen LogP contribution in [0.2, 0.25) is 5.02 Å². The van der Waals surface area contributed by atoms with Crippen LogP contribution in [0.1, 0.15) is 19.3 Å². The molecule has 0 radical (unpaired) electrons. The van der Waals surface area contributed by atoms with Crippen molar-refractivity contribution in [3.63, 3.8) is 0 Å². The SMILES string of the molecule is O=C(Nc1cc(-c2cccc(Cl)c2)on1)N1CCC(CCO)CC1. The maximum atomic E-state index is 12.3. The van der Waals surface area contributed by atoms with E-state index in [9.17, 15) is 4.79 Å². The Bertz CT molecular complexity index is 696. The Labute approximate surface area is 145 Å². The van der Waals surface area contributed by atoms with Crippen molar-refractivity contribution in [2.75, 3.05) is 25.0 Å². The van der Waals surface area contributed by atoms with Crippen LogP contribution in [-0.4, -0.2) is 40.9 Å². The number of aliphatic hydroxyl groups excluding tert-OH is 1. The van der Waals surface area contributed by atoms with Crippen LogP contribution in [0.15, 0.2) is 34.9 Å². The Morgan fingerprint density at radius 3 is 2.88 bits per heavy atom. The summed E-state index contributed by atoms with van der Waals surface area (Å²) in [4.78, 5) is 14.1. The van der Waals surface area contributed by atoms with Crippen molar-refractivity contribution in [3.8, 4) is 11.3 Å². The van der Waals surface area contributed by atoms with Crippen LogP contribution >= 0.6 is 11.6 Å². The van der Waals surface area contributed by atoms with Crippen LogP contribution in [0, 0.1) is 5.92 Å². The third-order valence-electron chi connectivity index (χ3n) is 4.29. The van der Waals surface area contributed by atoms with Gasteiger partial charge in [0.25, 0.3) is 0 Å². The molecule has 1 aliphatic heterocycles. The number of carbonyl (C=O) groups excluding carboxylic acids is 1. The third kappa shape index (κ3) is 4.07. The highest BCUT2D eigenvalue weighted by Gasteiger charge is 2.23. The second-order valence-corrected chi connectivity index (χ2v) is 6.40. The first-order valence-electron chi connectivity index (χ1n) is 8.05. The van der Waals surface area contributed by atoms with Gasteiger partial charge in [-0.3, -0.25) is 5.32 Å². The second-order valence-electron chi connectivity index (χ2n) is 5.96. The molecular weight excluding hydrogens is 330 g/mol. The van der Waals surface area contributed by atoms with E-state index in [1.807, 2.05) is 12.1 Å². The largest absolute Gasteiger partial charge is 0.396 e. The van der Waals surface area contributed by atoms with E-state index < -0.39 is 0 Å². The molecule has 24 heavy (non-hydrogen) atoms. The molecule has 3 rings (SSSR count). The highest BCUT2D eigenvalue weighted by molar-refractivity contribution is 6.30. The van der Waals surface area contributed by atoms with Crippen LogP contribution < -0.4 is 5.32 Å². The number of rotatable bonds is 4. The average Bonchev–Trinajstić information content (AvgIpc) is 3.04. The van der Waals surface area contributed by atoms with Crippen LogP contribution in [-0.2, 0) is 0 Å². The molecule has 7 heteroatoms. The van der Waals surface area contributed by atoms with Gasteiger partial charge in [0.05, 0.1) is 0 Å². The number of halogens is 1. The van der Waals surface area contributed by atoms with Gasteiger partial charge in [0, 0.05) is 36.3 Å². The van der Waals surface area contributed by atoms with Crippen molar-refractivity contribution in [2.45, 2.75) is 19.3 Å². The van der Waals surface area contributed by atoms with E-state index in [1.54, 1.807) is 23.1 Å². The van der Waals surface area contributed by atoms with Gasteiger partial charge in [0.1, 0.15) is 0 Å². The van der Waals surface area contributed by atoms with Gasteiger partial charge >= 0.3 is 6.03 Å². The van der Waals surface area contributed by atoms with Crippen molar-refractivity contribution in [1.29, 1.82) is 0 Å². The maximum Gasteiger partial charge on any atom is 0.323 e. The van der Waals surface area contributed by atoms with Gasteiger partial charge in [0.2, 0.25) is 0 Å². The minimum absolute atomic E-state index is 0.177. The van der Waals surface area contributed by atoms with E-state index >= 15 is 0 Å². The summed E-state index contributed by atoms with van der Waals surface area (Å²) >= 11 is 5.97. The first-order valence-corrected chi connectivity index (χ1v) is 8.43. The van der Waals surface area contributed by atoms with Gasteiger partial charge in [-0.1, -0.05) is 28.9 Å². The van der Waals surface area contributed by atoms with E-state index in [4.69, 9.17) is 21.2 Å². The number of piperidine rings is 1. The number of carbonyl (C=O) groups is 1. The summed E-state index contributed by atoms with van der Waals surface area (Å²) in [6.45, 7) is 1.59. The van der Waals surface area contributed by atoms with Gasteiger partial charge in [-0.05, 0) is 37.3 Å². The number of aromatic nitrogens is 1. The Morgan fingerprint density at radius 1 is 1.38 bits per heavy atom. The summed E-state index contributed by atoms with van der Waals surface area (Å²) in [5.74, 6) is 1.43. The van der Waals surface area contributed by atoms with Gasteiger partial charge in [-0.2, -0.15) is 0 Å². The van der Waals surface area contributed by atoms with Crippen LogP contribution in [0.5, 0.6) is 0 Å².